The Labute approximate surface area is 145 Å². The minimum absolute atomic E-state index is 0.243. The van der Waals surface area contributed by atoms with E-state index < -0.39 is 12.3 Å². The number of nitrogens with zero attached hydrogens (tertiary/aromatic N) is 2. The van der Waals surface area contributed by atoms with E-state index in [1.807, 2.05) is 39.0 Å². The summed E-state index contributed by atoms with van der Waals surface area (Å²) in [4.78, 5) is 16.1. The Morgan fingerprint density at radius 1 is 1.26 bits per heavy atom. The molecular formula is C17H24BrFN2O2. The summed E-state index contributed by atoms with van der Waals surface area (Å²) >= 11 is 3.40. The second-order valence-corrected chi connectivity index (χ2v) is 7.66. The summed E-state index contributed by atoms with van der Waals surface area (Å²) in [5.74, 6) is 0. The molecule has 0 N–H and O–H groups in total. The van der Waals surface area contributed by atoms with E-state index in [0.29, 0.717) is 18.7 Å². The van der Waals surface area contributed by atoms with Crippen LogP contribution in [0.3, 0.4) is 0 Å². The van der Waals surface area contributed by atoms with E-state index in [9.17, 15) is 9.18 Å². The number of rotatable bonds is 3. The van der Waals surface area contributed by atoms with Crippen LogP contribution < -0.4 is 0 Å². The van der Waals surface area contributed by atoms with Crippen LogP contribution >= 0.6 is 15.9 Å². The lowest BCUT2D eigenvalue weighted by atomic mass is 10.1. The highest BCUT2D eigenvalue weighted by atomic mass is 79.9. The third-order valence-corrected chi connectivity index (χ3v) is 4.43. The zero-order valence-corrected chi connectivity index (χ0v) is 15.5. The zero-order valence-electron chi connectivity index (χ0n) is 13.9. The summed E-state index contributed by atoms with van der Waals surface area (Å²) in [6.07, 6.45) is -0.243. The number of piperazine rings is 1. The first kappa shape index (κ1) is 18.2. The molecule has 1 aliphatic heterocycles. The summed E-state index contributed by atoms with van der Waals surface area (Å²) in [6.45, 7) is 8.91. The summed E-state index contributed by atoms with van der Waals surface area (Å²) in [5, 5.41) is 0. The summed E-state index contributed by atoms with van der Waals surface area (Å²) in [6, 6.07) is 5.74. The van der Waals surface area contributed by atoms with Gasteiger partial charge in [-0.25, -0.2) is 9.18 Å². The number of alkyl halides is 1. The van der Waals surface area contributed by atoms with E-state index in [1.165, 1.54) is 0 Å². The molecule has 0 bridgehead atoms. The van der Waals surface area contributed by atoms with Gasteiger partial charge in [-0.3, -0.25) is 4.90 Å². The smallest absolute Gasteiger partial charge is 0.410 e. The fourth-order valence-electron chi connectivity index (χ4n) is 2.47. The van der Waals surface area contributed by atoms with Crippen LogP contribution in [0.15, 0.2) is 22.7 Å². The van der Waals surface area contributed by atoms with Gasteiger partial charge in [-0.1, -0.05) is 28.1 Å². The van der Waals surface area contributed by atoms with Gasteiger partial charge in [-0.15, -0.1) is 0 Å². The lowest BCUT2D eigenvalue weighted by molar-refractivity contribution is 0.0139. The first-order chi connectivity index (χ1) is 10.8. The van der Waals surface area contributed by atoms with Crippen molar-refractivity contribution < 1.29 is 13.9 Å². The molecule has 4 nitrogen and oxygen atoms in total. The third-order valence-electron chi connectivity index (χ3n) is 3.69. The second-order valence-electron chi connectivity index (χ2n) is 6.80. The van der Waals surface area contributed by atoms with Crippen molar-refractivity contribution in [3.05, 3.63) is 33.8 Å². The number of benzene rings is 1. The van der Waals surface area contributed by atoms with E-state index in [4.69, 9.17) is 4.74 Å². The Kier molecular flexibility index (Phi) is 6.03. The van der Waals surface area contributed by atoms with Crippen LogP contribution in [-0.4, -0.2) is 47.7 Å². The van der Waals surface area contributed by atoms with Crippen molar-refractivity contribution in [2.24, 2.45) is 0 Å². The molecule has 6 heteroatoms. The number of ether oxygens (including phenoxy) is 1. The van der Waals surface area contributed by atoms with Gasteiger partial charge < -0.3 is 9.64 Å². The number of hydrogen-bond acceptors (Lipinski definition) is 3. The molecule has 0 saturated carbocycles. The van der Waals surface area contributed by atoms with E-state index in [2.05, 4.69) is 20.8 Å². The van der Waals surface area contributed by atoms with Crippen LogP contribution in [0.25, 0.3) is 0 Å². The van der Waals surface area contributed by atoms with E-state index >= 15 is 0 Å². The Hall–Kier alpha value is -1.14. The first-order valence-corrected chi connectivity index (χ1v) is 8.61. The highest BCUT2D eigenvalue weighted by molar-refractivity contribution is 9.10. The minimum Gasteiger partial charge on any atom is -0.444 e. The van der Waals surface area contributed by atoms with Crippen molar-refractivity contribution in [1.82, 2.24) is 9.80 Å². The largest absolute Gasteiger partial charge is 0.444 e. The van der Waals surface area contributed by atoms with Gasteiger partial charge in [0, 0.05) is 37.2 Å². The minimum atomic E-state index is -0.463. The van der Waals surface area contributed by atoms with Crippen LogP contribution in [0.2, 0.25) is 0 Å². The molecular weight excluding hydrogens is 363 g/mol. The van der Waals surface area contributed by atoms with Crippen molar-refractivity contribution in [2.75, 3.05) is 26.2 Å². The number of amides is 1. The number of carbonyl (C=O) groups is 1. The van der Waals surface area contributed by atoms with Crippen molar-refractivity contribution in [3.63, 3.8) is 0 Å². The molecule has 2 rings (SSSR count). The van der Waals surface area contributed by atoms with Gasteiger partial charge in [0.05, 0.1) is 0 Å². The van der Waals surface area contributed by atoms with E-state index in [0.717, 1.165) is 29.7 Å². The molecule has 128 valence electrons. The number of hydrogen-bond donors (Lipinski definition) is 0. The van der Waals surface area contributed by atoms with E-state index in [-0.39, 0.29) is 6.09 Å². The molecule has 1 aromatic carbocycles. The Bertz CT molecular complexity index is 552. The molecule has 0 spiro atoms. The normalized spacial score (nSPS) is 16.5. The SMILES string of the molecule is CC(C)(C)OC(=O)N1CCN(Cc2ccc(CF)c(Br)c2)CC1. The van der Waals surface area contributed by atoms with Gasteiger partial charge in [0.25, 0.3) is 0 Å². The maximum absolute atomic E-state index is 12.7. The molecule has 0 atom stereocenters. The highest BCUT2D eigenvalue weighted by Gasteiger charge is 2.25. The average Bonchev–Trinajstić information content (AvgIpc) is 2.46. The Morgan fingerprint density at radius 2 is 1.91 bits per heavy atom. The molecule has 1 saturated heterocycles. The van der Waals surface area contributed by atoms with Crippen molar-refractivity contribution in [3.8, 4) is 0 Å². The maximum atomic E-state index is 12.7. The predicted molar refractivity (Wildman–Crippen MR) is 92.0 cm³/mol. The van der Waals surface area contributed by atoms with Gasteiger partial charge in [-0.2, -0.15) is 0 Å². The monoisotopic (exact) mass is 386 g/mol. The standard InChI is InChI=1S/C17H24BrFN2O2/c1-17(2,3)23-16(22)21-8-6-20(7-9-21)12-13-4-5-14(11-19)15(18)10-13/h4-5,10H,6-9,11-12H2,1-3H3. The fraction of sp³-hybridized carbons (Fsp3) is 0.588. The van der Waals surface area contributed by atoms with Crippen molar-refractivity contribution in [2.45, 2.75) is 39.6 Å². The quantitative estimate of drug-likeness (QED) is 0.787. The molecule has 1 amide bonds. The highest BCUT2D eigenvalue weighted by Crippen LogP contribution is 2.21. The molecule has 1 heterocycles. The average molecular weight is 387 g/mol. The molecule has 1 aliphatic rings. The fourth-order valence-corrected chi connectivity index (χ4v) is 3.00. The lowest BCUT2D eigenvalue weighted by Gasteiger charge is -2.35. The topological polar surface area (TPSA) is 32.8 Å². The lowest BCUT2D eigenvalue weighted by Crippen LogP contribution is -2.49. The van der Waals surface area contributed by atoms with Crippen LogP contribution in [-0.2, 0) is 18.0 Å². The second kappa shape index (κ2) is 7.62. The molecule has 23 heavy (non-hydrogen) atoms. The predicted octanol–water partition coefficient (Wildman–Crippen LogP) is 3.97. The first-order valence-electron chi connectivity index (χ1n) is 7.82. The van der Waals surface area contributed by atoms with E-state index in [1.54, 1.807) is 4.90 Å². The maximum Gasteiger partial charge on any atom is 0.410 e. The number of carbonyl (C=O) groups excluding carboxylic acids is 1. The summed E-state index contributed by atoms with van der Waals surface area (Å²) in [5.41, 5.74) is 1.35. The van der Waals surface area contributed by atoms with Crippen LogP contribution in [0.4, 0.5) is 9.18 Å². The van der Waals surface area contributed by atoms with Crippen LogP contribution in [0.1, 0.15) is 31.9 Å². The molecule has 0 aromatic heterocycles. The summed E-state index contributed by atoms with van der Waals surface area (Å²) < 4.78 is 18.9. The van der Waals surface area contributed by atoms with Crippen molar-refractivity contribution >= 4 is 22.0 Å². The molecule has 1 aromatic rings. The van der Waals surface area contributed by atoms with Crippen LogP contribution in [0.5, 0.6) is 0 Å². The molecule has 0 aliphatic carbocycles. The molecule has 0 radical (unpaired) electrons. The zero-order chi connectivity index (χ0) is 17.0. The molecule has 1 fully saturated rings. The van der Waals surface area contributed by atoms with Gasteiger partial charge in [-0.05, 0) is 38.0 Å². The summed E-state index contributed by atoms with van der Waals surface area (Å²) in [7, 11) is 0. The van der Waals surface area contributed by atoms with Gasteiger partial charge in [0.1, 0.15) is 12.3 Å². The van der Waals surface area contributed by atoms with Gasteiger partial charge in [0.2, 0.25) is 0 Å². The van der Waals surface area contributed by atoms with Gasteiger partial charge in [0.15, 0.2) is 0 Å². The van der Waals surface area contributed by atoms with Gasteiger partial charge >= 0.3 is 6.09 Å². The Morgan fingerprint density at radius 3 is 2.43 bits per heavy atom. The molecule has 0 unspecified atom stereocenters. The van der Waals surface area contributed by atoms with Crippen molar-refractivity contribution in [1.29, 1.82) is 0 Å². The number of halogens is 2. The Balaban J connectivity index is 1.85. The van der Waals surface area contributed by atoms with Crippen LogP contribution in [0, 0.1) is 0 Å². The third kappa shape index (κ3) is 5.46.